The van der Waals surface area contributed by atoms with Gasteiger partial charge < -0.3 is 4.57 Å². The zero-order valence-electron chi connectivity index (χ0n) is 10.2. The van der Waals surface area contributed by atoms with Crippen molar-refractivity contribution in [1.82, 2.24) is 4.57 Å². The van der Waals surface area contributed by atoms with Crippen molar-refractivity contribution in [2.45, 2.75) is 6.54 Å². The molecule has 18 heavy (non-hydrogen) atoms. The Bertz CT molecular complexity index is 592. The van der Waals surface area contributed by atoms with Crippen LogP contribution in [0.15, 0.2) is 79.1 Å². The van der Waals surface area contributed by atoms with E-state index < -0.39 is 0 Å². The van der Waals surface area contributed by atoms with E-state index in [1.165, 1.54) is 16.7 Å². The molecule has 0 saturated carbocycles. The highest BCUT2D eigenvalue weighted by atomic mass is 14.9. The number of hydrogen-bond donors (Lipinski definition) is 0. The number of nitrogens with zero attached hydrogens (tertiary/aromatic N) is 1. The van der Waals surface area contributed by atoms with Crippen LogP contribution in [0.2, 0.25) is 0 Å². The van der Waals surface area contributed by atoms with Gasteiger partial charge in [-0.25, -0.2) is 0 Å². The van der Waals surface area contributed by atoms with Gasteiger partial charge in [0.15, 0.2) is 0 Å². The molecular weight excluding hydrogens is 218 g/mol. The van der Waals surface area contributed by atoms with E-state index in [-0.39, 0.29) is 0 Å². The third kappa shape index (κ3) is 2.35. The normalized spacial score (nSPS) is 10.4. The van der Waals surface area contributed by atoms with Crippen molar-refractivity contribution in [2.75, 3.05) is 0 Å². The van der Waals surface area contributed by atoms with Gasteiger partial charge in [0, 0.05) is 18.9 Å². The molecule has 2 aromatic carbocycles. The Morgan fingerprint density at radius 1 is 0.611 bits per heavy atom. The molecule has 1 heterocycles. The largest absolute Gasteiger partial charge is 0.350 e. The Labute approximate surface area is 107 Å². The average Bonchev–Trinajstić information content (AvgIpc) is 2.94. The maximum absolute atomic E-state index is 2.20. The van der Waals surface area contributed by atoms with Crippen LogP contribution in [0.4, 0.5) is 0 Å². The van der Waals surface area contributed by atoms with E-state index in [0.29, 0.717) is 0 Å². The predicted molar refractivity (Wildman–Crippen MR) is 75.4 cm³/mol. The molecule has 88 valence electrons. The summed E-state index contributed by atoms with van der Waals surface area (Å²) in [4.78, 5) is 0. The number of rotatable bonds is 3. The summed E-state index contributed by atoms with van der Waals surface area (Å²) in [5.41, 5.74) is 3.86. The zero-order chi connectivity index (χ0) is 12.2. The van der Waals surface area contributed by atoms with Crippen LogP contribution in [0.1, 0.15) is 5.56 Å². The summed E-state index contributed by atoms with van der Waals surface area (Å²) in [7, 11) is 0. The molecule has 0 N–H and O–H groups in total. The van der Waals surface area contributed by atoms with Crippen LogP contribution >= 0.6 is 0 Å². The molecule has 0 amide bonds. The minimum atomic E-state index is 0.933. The topological polar surface area (TPSA) is 4.93 Å². The fraction of sp³-hybridized carbons (Fsp3) is 0.0588. The molecule has 1 aromatic heterocycles. The molecule has 0 aliphatic rings. The van der Waals surface area contributed by atoms with Crippen molar-refractivity contribution < 1.29 is 0 Å². The van der Waals surface area contributed by atoms with Crippen LogP contribution in [-0.2, 0) is 6.54 Å². The standard InChI is InChI=1S/C17H15N/c1-2-6-16(7-3-1)17-10-8-15(9-11-17)14-18-12-4-5-13-18/h1-13H,14H2. The van der Waals surface area contributed by atoms with Gasteiger partial charge in [-0.2, -0.15) is 0 Å². The lowest BCUT2D eigenvalue weighted by Crippen LogP contribution is -1.95. The lowest BCUT2D eigenvalue weighted by molar-refractivity contribution is 0.806. The fourth-order valence-corrected chi connectivity index (χ4v) is 2.12. The van der Waals surface area contributed by atoms with Crippen LogP contribution in [0, 0.1) is 0 Å². The maximum atomic E-state index is 2.20. The highest BCUT2D eigenvalue weighted by Gasteiger charge is 1.97. The minimum absolute atomic E-state index is 0.933. The Morgan fingerprint density at radius 3 is 1.89 bits per heavy atom. The highest BCUT2D eigenvalue weighted by Crippen LogP contribution is 2.19. The summed E-state index contributed by atoms with van der Waals surface area (Å²) in [6, 6.07) is 23.3. The first kappa shape index (κ1) is 10.8. The molecular formula is C17H15N. The fourth-order valence-electron chi connectivity index (χ4n) is 2.12. The molecule has 0 radical (unpaired) electrons. The minimum Gasteiger partial charge on any atom is -0.350 e. The van der Waals surface area contributed by atoms with Crippen LogP contribution in [0.3, 0.4) is 0 Å². The molecule has 0 atom stereocenters. The Balaban J connectivity index is 1.81. The maximum Gasteiger partial charge on any atom is 0.0470 e. The zero-order valence-corrected chi connectivity index (χ0v) is 10.2. The van der Waals surface area contributed by atoms with Crippen LogP contribution in [-0.4, -0.2) is 4.57 Å². The smallest absolute Gasteiger partial charge is 0.0470 e. The Kier molecular flexibility index (Phi) is 2.97. The van der Waals surface area contributed by atoms with Crippen molar-refractivity contribution in [1.29, 1.82) is 0 Å². The van der Waals surface area contributed by atoms with Gasteiger partial charge in [0.25, 0.3) is 0 Å². The van der Waals surface area contributed by atoms with E-state index in [9.17, 15) is 0 Å². The summed E-state index contributed by atoms with van der Waals surface area (Å²) in [6.45, 7) is 0.933. The van der Waals surface area contributed by atoms with E-state index in [2.05, 4.69) is 77.6 Å². The van der Waals surface area contributed by atoms with Gasteiger partial charge in [-0.3, -0.25) is 0 Å². The van der Waals surface area contributed by atoms with E-state index in [1.54, 1.807) is 0 Å². The lowest BCUT2D eigenvalue weighted by Gasteiger charge is -2.05. The van der Waals surface area contributed by atoms with Crippen molar-refractivity contribution >= 4 is 0 Å². The van der Waals surface area contributed by atoms with Gasteiger partial charge in [-0.15, -0.1) is 0 Å². The summed E-state index contributed by atoms with van der Waals surface area (Å²) in [6.07, 6.45) is 4.18. The first-order chi connectivity index (χ1) is 8.92. The molecule has 0 spiro atoms. The van der Waals surface area contributed by atoms with Gasteiger partial charge in [0.05, 0.1) is 0 Å². The first-order valence-electron chi connectivity index (χ1n) is 6.17. The van der Waals surface area contributed by atoms with Crippen LogP contribution in [0.5, 0.6) is 0 Å². The van der Waals surface area contributed by atoms with Crippen molar-refractivity contribution in [2.24, 2.45) is 0 Å². The molecule has 0 bridgehead atoms. The molecule has 0 unspecified atom stereocenters. The second kappa shape index (κ2) is 4.92. The molecule has 3 rings (SSSR count). The van der Waals surface area contributed by atoms with Crippen molar-refractivity contribution in [3.8, 4) is 11.1 Å². The van der Waals surface area contributed by atoms with Gasteiger partial charge in [0.1, 0.15) is 0 Å². The summed E-state index contributed by atoms with van der Waals surface area (Å²) in [5, 5.41) is 0. The molecule has 0 aliphatic heterocycles. The van der Waals surface area contributed by atoms with Gasteiger partial charge in [0.2, 0.25) is 0 Å². The molecule has 0 saturated heterocycles. The number of benzene rings is 2. The Morgan fingerprint density at radius 2 is 1.22 bits per heavy atom. The second-order valence-electron chi connectivity index (χ2n) is 4.42. The molecule has 0 aliphatic carbocycles. The summed E-state index contributed by atoms with van der Waals surface area (Å²) < 4.78 is 2.18. The molecule has 0 fully saturated rings. The quantitative estimate of drug-likeness (QED) is 0.639. The highest BCUT2D eigenvalue weighted by molar-refractivity contribution is 5.63. The third-order valence-corrected chi connectivity index (χ3v) is 3.09. The monoisotopic (exact) mass is 233 g/mol. The number of aromatic nitrogens is 1. The van der Waals surface area contributed by atoms with Gasteiger partial charge in [-0.1, -0.05) is 54.6 Å². The van der Waals surface area contributed by atoms with E-state index in [0.717, 1.165) is 6.54 Å². The number of hydrogen-bond acceptors (Lipinski definition) is 0. The SMILES string of the molecule is c1ccc(-c2ccc(Cn3cccc3)cc2)cc1. The molecule has 1 heteroatoms. The van der Waals surface area contributed by atoms with Crippen molar-refractivity contribution in [3.63, 3.8) is 0 Å². The van der Waals surface area contributed by atoms with E-state index >= 15 is 0 Å². The second-order valence-corrected chi connectivity index (χ2v) is 4.42. The van der Waals surface area contributed by atoms with E-state index in [1.807, 2.05) is 6.07 Å². The summed E-state index contributed by atoms with van der Waals surface area (Å²) in [5.74, 6) is 0. The molecule has 3 aromatic rings. The average molecular weight is 233 g/mol. The van der Waals surface area contributed by atoms with Gasteiger partial charge >= 0.3 is 0 Å². The van der Waals surface area contributed by atoms with Crippen molar-refractivity contribution in [3.05, 3.63) is 84.7 Å². The predicted octanol–water partition coefficient (Wildman–Crippen LogP) is 4.20. The van der Waals surface area contributed by atoms with Crippen LogP contribution in [0.25, 0.3) is 11.1 Å². The van der Waals surface area contributed by atoms with Gasteiger partial charge in [-0.05, 0) is 28.8 Å². The lowest BCUT2D eigenvalue weighted by atomic mass is 10.0. The molecule has 1 nitrogen and oxygen atoms in total. The third-order valence-electron chi connectivity index (χ3n) is 3.09. The Hall–Kier alpha value is -2.28. The van der Waals surface area contributed by atoms with E-state index in [4.69, 9.17) is 0 Å². The van der Waals surface area contributed by atoms with Crippen LogP contribution < -0.4 is 0 Å². The first-order valence-corrected chi connectivity index (χ1v) is 6.17. The summed E-state index contributed by atoms with van der Waals surface area (Å²) >= 11 is 0.